The van der Waals surface area contributed by atoms with Crippen LogP contribution in [0, 0.1) is 6.92 Å². The van der Waals surface area contributed by atoms with Crippen molar-refractivity contribution in [2.75, 3.05) is 0 Å². The number of nitrogens with zero attached hydrogens (tertiary/aromatic N) is 5. The third-order valence-corrected chi connectivity index (χ3v) is 3.97. The smallest absolute Gasteiger partial charge is 0.287 e. The number of carbonyl (C=O) groups excluding carboxylic acids is 3. The van der Waals surface area contributed by atoms with E-state index in [1.54, 1.807) is 35.9 Å². The molecule has 0 aromatic carbocycles. The van der Waals surface area contributed by atoms with Crippen LogP contribution in [0.3, 0.4) is 0 Å². The minimum absolute atomic E-state index is 0.0189. The Morgan fingerprint density at radius 3 is 2.54 bits per heavy atom. The number of rotatable bonds is 7. The largest absolute Gasteiger partial charge is 0.363 e. The zero-order chi connectivity index (χ0) is 20.1. The molecule has 0 fully saturated rings. The van der Waals surface area contributed by atoms with Gasteiger partial charge in [0.2, 0.25) is 5.78 Å². The van der Waals surface area contributed by atoms with E-state index in [9.17, 15) is 14.4 Å². The monoisotopic (exact) mass is 379 g/mol. The first-order chi connectivity index (χ1) is 13.5. The molecule has 3 rings (SSSR count). The highest BCUT2D eigenvalue weighted by Crippen LogP contribution is 2.13. The van der Waals surface area contributed by atoms with E-state index in [0.717, 1.165) is 0 Å². The zero-order valence-electron chi connectivity index (χ0n) is 14.9. The normalized spacial score (nSPS) is 11.6. The van der Waals surface area contributed by atoms with E-state index in [4.69, 9.17) is 5.73 Å². The van der Waals surface area contributed by atoms with Gasteiger partial charge in [0, 0.05) is 25.0 Å². The van der Waals surface area contributed by atoms with Crippen molar-refractivity contribution in [2.45, 2.75) is 19.4 Å². The summed E-state index contributed by atoms with van der Waals surface area (Å²) >= 11 is 0. The molecule has 1 unspecified atom stereocenters. The molecule has 28 heavy (non-hydrogen) atoms. The number of Topliss-reactive ketones (excluding diaryl/α,β-unsaturated/α-hetero) is 1. The number of hydrogen-bond acceptors (Lipinski definition) is 7. The van der Waals surface area contributed by atoms with Crippen molar-refractivity contribution in [2.24, 2.45) is 5.73 Å². The summed E-state index contributed by atoms with van der Waals surface area (Å²) in [7, 11) is 0. The summed E-state index contributed by atoms with van der Waals surface area (Å²) in [6.45, 7) is 1.72. The van der Waals surface area contributed by atoms with E-state index >= 15 is 0 Å². The Kier molecular flexibility index (Phi) is 5.49. The molecule has 3 heterocycles. The summed E-state index contributed by atoms with van der Waals surface area (Å²) in [4.78, 5) is 52.6. The van der Waals surface area contributed by atoms with Crippen LogP contribution in [0.2, 0.25) is 0 Å². The molecule has 0 spiro atoms. The molecule has 142 valence electrons. The number of ketones is 1. The van der Waals surface area contributed by atoms with E-state index in [0.29, 0.717) is 17.2 Å². The van der Waals surface area contributed by atoms with Gasteiger partial charge in [-0.2, -0.15) is 0 Å². The average molecular weight is 379 g/mol. The van der Waals surface area contributed by atoms with E-state index in [1.807, 2.05) is 0 Å². The molecular formula is C18H17N7O3. The molecule has 10 heteroatoms. The molecule has 0 aliphatic carbocycles. The molecule has 0 aliphatic rings. The van der Waals surface area contributed by atoms with Crippen molar-refractivity contribution >= 4 is 17.6 Å². The first-order valence-corrected chi connectivity index (χ1v) is 8.31. The first-order valence-electron chi connectivity index (χ1n) is 8.31. The molecule has 0 saturated heterocycles. The van der Waals surface area contributed by atoms with Gasteiger partial charge >= 0.3 is 0 Å². The Balaban J connectivity index is 1.89. The number of aromatic nitrogens is 5. The van der Waals surface area contributed by atoms with E-state index in [2.05, 4.69) is 25.3 Å². The second kappa shape index (κ2) is 8.16. The molecule has 0 bridgehead atoms. The zero-order valence-corrected chi connectivity index (χ0v) is 14.9. The highest BCUT2D eigenvalue weighted by Gasteiger charge is 2.27. The fourth-order valence-electron chi connectivity index (χ4n) is 2.66. The average Bonchev–Trinajstić information content (AvgIpc) is 3.09. The van der Waals surface area contributed by atoms with E-state index in [-0.39, 0.29) is 12.1 Å². The van der Waals surface area contributed by atoms with Crippen molar-refractivity contribution in [3.8, 4) is 5.82 Å². The summed E-state index contributed by atoms with van der Waals surface area (Å²) in [6.07, 6.45) is 7.29. The van der Waals surface area contributed by atoms with Gasteiger partial charge in [-0.05, 0) is 24.6 Å². The van der Waals surface area contributed by atoms with Crippen LogP contribution in [-0.2, 0) is 16.0 Å². The Labute approximate surface area is 159 Å². The second-order valence-corrected chi connectivity index (χ2v) is 5.92. The van der Waals surface area contributed by atoms with Crippen LogP contribution < -0.4 is 11.1 Å². The van der Waals surface area contributed by atoms with Gasteiger partial charge in [0.05, 0.1) is 6.20 Å². The molecular weight excluding hydrogens is 362 g/mol. The van der Waals surface area contributed by atoms with Gasteiger partial charge in [-0.15, -0.1) is 0 Å². The van der Waals surface area contributed by atoms with Crippen LogP contribution in [-0.4, -0.2) is 48.1 Å². The SMILES string of the molecule is Cc1ncc(C(=O)NC(Cc2cncnc2)C(=O)C(N)=O)n1-c1ccccn1. The number of primary amides is 1. The van der Waals surface area contributed by atoms with Crippen LogP contribution in [0.25, 0.3) is 5.82 Å². The second-order valence-electron chi connectivity index (χ2n) is 5.92. The van der Waals surface area contributed by atoms with Gasteiger partial charge in [0.15, 0.2) is 0 Å². The number of carbonyl (C=O) groups is 3. The van der Waals surface area contributed by atoms with Crippen molar-refractivity contribution in [1.82, 2.24) is 29.8 Å². The number of aryl methyl sites for hydroxylation is 1. The summed E-state index contributed by atoms with van der Waals surface area (Å²) in [6, 6.07) is 4.08. The Bertz CT molecular complexity index is 1000. The lowest BCUT2D eigenvalue weighted by atomic mass is 10.0. The molecule has 3 N–H and O–H groups in total. The number of imidazole rings is 1. The summed E-state index contributed by atoms with van der Waals surface area (Å²) < 4.78 is 1.55. The predicted octanol–water partition coefficient (Wildman–Crippen LogP) is -0.239. The van der Waals surface area contributed by atoms with Crippen molar-refractivity contribution in [3.63, 3.8) is 0 Å². The summed E-state index contributed by atoms with van der Waals surface area (Å²) in [5, 5.41) is 2.55. The molecule has 0 aliphatic heterocycles. The number of nitrogens with one attached hydrogen (secondary N) is 1. The minimum atomic E-state index is -1.16. The third kappa shape index (κ3) is 4.06. The van der Waals surface area contributed by atoms with Crippen LogP contribution in [0.1, 0.15) is 21.9 Å². The highest BCUT2D eigenvalue weighted by atomic mass is 16.2. The van der Waals surface area contributed by atoms with Gasteiger partial charge in [-0.1, -0.05) is 6.07 Å². The van der Waals surface area contributed by atoms with Crippen LogP contribution in [0.5, 0.6) is 0 Å². The van der Waals surface area contributed by atoms with Crippen molar-refractivity contribution < 1.29 is 14.4 Å². The molecule has 3 aromatic rings. The highest BCUT2D eigenvalue weighted by molar-refractivity contribution is 6.38. The van der Waals surface area contributed by atoms with Crippen LogP contribution >= 0.6 is 0 Å². The Morgan fingerprint density at radius 1 is 1.14 bits per heavy atom. The van der Waals surface area contributed by atoms with Gasteiger partial charge < -0.3 is 11.1 Å². The first kappa shape index (κ1) is 18.8. The predicted molar refractivity (Wildman–Crippen MR) is 97.3 cm³/mol. The quantitative estimate of drug-likeness (QED) is 0.539. The van der Waals surface area contributed by atoms with Crippen LogP contribution in [0.4, 0.5) is 0 Å². The Hall–Kier alpha value is -3.95. The lowest BCUT2D eigenvalue weighted by Crippen LogP contribution is -2.47. The van der Waals surface area contributed by atoms with Crippen molar-refractivity contribution in [1.29, 1.82) is 0 Å². The van der Waals surface area contributed by atoms with Crippen molar-refractivity contribution in [3.05, 3.63) is 66.4 Å². The molecule has 0 radical (unpaired) electrons. The number of nitrogens with two attached hydrogens (primary N) is 1. The topological polar surface area (TPSA) is 146 Å². The molecule has 0 saturated carbocycles. The Morgan fingerprint density at radius 2 is 1.89 bits per heavy atom. The molecule has 1 atom stereocenters. The number of hydrogen-bond donors (Lipinski definition) is 2. The fraction of sp³-hybridized carbons (Fsp3) is 0.167. The van der Waals surface area contributed by atoms with E-state index < -0.39 is 23.6 Å². The lowest BCUT2D eigenvalue weighted by molar-refractivity contribution is -0.137. The van der Waals surface area contributed by atoms with E-state index in [1.165, 1.54) is 24.9 Å². The van der Waals surface area contributed by atoms with Gasteiger partial charge in [-0.3, -0.25) is 19.0 Å². The molecule has 2 amide bonds. The fourth-order valence-corrected chi connectivity index (χ4v) is 2.66. The minimum Gasteiger partial charge on any atom is -0.363 e. The maximum absolute atomic E-state index is 12.8. The summed E-state index contributed by atoms with van der Waals surface area (Å²) in [5.74, 6) is -1.62. The third-order valence-electron chi connectivity index (χ3n) is 3.97. The summed E-state index contributed by atoms with van der Waals surface area (Å²) in [5.41, 5.74) is 5.87. The van der Waals surface area contributed by atoms with Crippen LogP contribution in [0.15, 0.2) is 49.3 Å². The maximum Gasteiger partial charge on any atom is 0.287 e. The number of amides is 2. The van der Waals surface area contributed by atoms with Gasteiger partial charge in [-0.25, -0.2) is 19.9 Å². The standard InChI is InChI=1S/C18H17N7O3/c1-11-23-9-14(25(11)15-4-2-3-5-22-15)18(28)24-13(16(26)17(19)27)6-12-7-20-10-21-8-12/h2-5,7-10,13H,6H2,1H3,(H2,19,27)(H,24,28). The number of pyridine rings is 1. The lowest BCUT2D eigenvalue weighted by Gasteiger charge is -2.17. The maximum atomic E-state index is 12.8. The van der Waals surface area contributed by atoms with Gasteiger partial charge in [0.1, 0.15) is 29.7 Å². The molecule has 3 aromatic heterocycles. The molecule has 10 nitrogen and oxygen atoms in total. The van der Waals surface area contributed by atoms with Gasteiger partial charge in [0.25, 0.3) is 11.8 Å².